The number of carbonyl (C=O) groups is 2. The lowest BCUT2D eigenvalue weighted by Crippen LogP contribution is -2.59. The van der Waals surface area contributed by atoms with E-state index >= 15 is 0 Å². The Balaban J connectivity index is 1.61. The average molecular weight is 334 g/mol. The third-order valence-electron chi connectivity index (χ3n) is 4.78. The molecular formula is C16H26N6O2. The van der Waals surface area contributed by atoms with Crippen LogP contribution < -0.4 is 10.2 Å². The number of anilines is 1. The molecule has 3 rings (SSSR count). The lowest BCUT2D eigenvalue weighted by Gasteiger charge is -2.42. The summed E-state index contributed by atoms with van der Waals surface area (Å²) in [6, 6.07) is -0.0977. The summed E-state index contributed by atoms with van der Waals surface area (Å²) in [5, 5.41) is 7.00. The van der Waals surface area contributed by atoms with E-state index in [2.05, 4.69) is 15.3 Å². The van der Waals surface area contributed by atoms with Crippen molar-refractivity contribution >= 4 is 17.6 Å². The zero-order valence-corrected chi connectivity index (χ0v) is 14.4. The number of amides is 3. The Morgan fingerprint density at radius 2 is 2.04 bits per heavy atom. The van der Waals surface area contributed by atoms with E-state index in [4.69, 9.17) is 0 Å². The van der Waals surface area contributed by atoms with Gasteiger partial charge in [-0.2, -0.15) is 5.10 Å². The first-order chi connectivity index (χ1) is 11.6. The highest BCUT2D eigenvalue weighted by molar-refractivity contribution is 5.97. The maximum atomic E-state index is 12.9. The molecule has 24 heavy (non-hydrogen) atoms. The first kappa shape index (κ1) is 16.8. The van der Waals surface area contributed by atoms with Gasteiger partial charge in [0.15, 0.2) is 0 Å². The summed E-state index contributed by atoms with van der Waals surface area (Å²) in [6.07, 6.45) is 5.50. The predicted octanol–water partition coefficient (Wildman–Crippen LogP) is 0.263. The number of hydrogen-bond acceptors (Lipinski definition) is 4. The van der Waals surface area contributed by atoms with Crippen molar-refractivity contribution in [3.05, 3.63) is 12.4 Å². The topological polar surface area (TPSA) is 73.7 Å². The van der Waals surface area contributed by atoms with Gasteiger partial charge in [0.05, 0.1) is 17.9 Å². The molecule has 1 aromatic rings. The molecule has 132 valence electrons. The Kier molecular flexibility index (Phi) is 5.03. The Morgan fingerprint density at radius 3 is 2.67 bits per heavy atom. The van der Waals surface area contributed by atoms with E-state index in [1.807, 2.05) is 30.0 Å². The number of piperidine rings is 1. The van der Waals surface area contributed by atoms with E-state index in [0.717, 1.165) is 38.2 Å². The third-order valence-corrected chi connectivity index (χ3v) is 4.78. The highest BCUT2D eigenvalue weighted by Crippen LogP contribution is 2.24. The molecule has 0 spiro atoms. The van der Waals surface area contributed by atoms with Crippen LogP contribution in [0.2, 0.25) is 0 Å². The largest absolute Gasteiger partial charge is 0.338 e. The van der Waals surface area contributed by atoms with Crippen LogP contribution in [-0.2, 0) is 11.8 Å². The van der Waals surface area contributed by atoms with Crippen LogP contribution in [0.4, 0.5) is 10.5 Å². The van der Waals surface area contributed by atoms with Crippen LogP contribution in [0.5, 0.6) is 0 Å². The third kappa shape index (κ3) is 3.38. The number of rotatable bonds is 3. The molecule has 3 amide bonds. The molecule has 8 heteroatoms. The molecule has 8 nitrogen and oxygen atoms in total. The van der Waals surface area contributed by atoms with Gasteiger partial charge in [-0.1, -0.05) is 0 Å². The number of nitrogens with one attached hydrogen (secondary N) is 1. The standard InChI is InChI=1S/C16H26N6O2/c1-3-17-16(24)21-9-7-20(8-10-21)14-5-4-6-22(15(14)23)13-11-18-19(2)12-13/h11-12,14H,3-10H2,1-2H3,(H,17,24)/t14-/m0/s1. The van der Waals surface area contributed by atoms with Gasteiger partial charge in [0, 0.05) is 52.5 Å². The van der Waals surface area contributed by atoms with Crippen LogP contribution in [0.1, 0.15) is 19.8 Å². The highest BCUT2D eigenvalue weighted by atomic mass is 16.2. The van der Waals surface area contributed by atoms with Gasteiger partial charge in [-0.25, -0.2) is 4.79 Å². The summed E-state index contributed by atoms with van der Waals surface area (Å²) in [5.74, 6) is 0.153. The molecule has 1 atom stereocenters. The molecule has 0 radical (unpaired) electrons. The molecule has 3 heterocycles. The zero-order chi connectivity index (χ0) is 17.1. The Labute approximate surface area is 142 Å². The molecule has 0 saturated carbocycles. The number of piperazine rings is 1. The van der Waals surface area contributed by atoms with Gasteiger partial charge in [0.25, 0.3) is 0 Å². The second kappa shape index (κ2) is 7.21. The van der Waals surface area contributed by atoms with Crippen molar-refractivity contribution in [3.8, 4) is 0 Å². The molecule has 0 aliphatic carbocycles. The Bertz CT molecular complexity index is 593. The van der Waals surface area contributed by atoms with Crippen molar-refractivity contribution in [3.63, 3.8) is 0 Å². The lowest BCUT2D eigenvalue weighted by molar-refractivity contribution is -0.126. The van der Waals surface area contributed by atoms with Crippen LogP contribution in [0.15, 0.2) is 12.4 Å². The van der Waals surface area contributed by atoms with Crippen LogP contribution in [0, 0.1) is 0 Å². The molecule has 2 aliphatic rings. The number of urea groups is 1. The molecule has 2 saturated heterocycles. The summed E-state index contributed by atoms with van der Waals surface area (Å²) >= 11 is 0. The lowest BCUT2D eigenvalue weighted by atomic mass is 10.0. The van der Waals surface area contributed by atoms with Crippen molar-refractivity contribution in [2.45, 2.75) is 25.8 Å². The number of carbonyl (C=O) groups excluding carboxylic acids is 2. The van der Waals surface area contributed by atoms with Crippen molar-refractivity contribution in [1.29, 1.82) is 0 Å². The SMILES string of the molecule is CCNC(=O)N1CCN([C@H]2CCCN(c3cnn(C)c3)C2=O)CC1. The van der Waals surface area contributed by atoms with Gasteiger partial charge in [-0.15, -0.1) is 0 Å². The Morgan fingerprint density at radius 1 is 1.29 bits per heavy atom. The van der Waals surface area contributed by atoms with Gasteiger partial charge < -0.3 is 15.1 Å². The van der Waals surface area contributed by atoms with Crippen molar-refractivity contribution in [1.82, 2.24) is 24.9 Å². The fourth-order valence-electron chi connectivity index (χ4n) is 3.50. The van der Waals surface area contributed by atoms with Gasteiger partial charge in [0.1, 0.15) is 0 Å². The fourth-order valence-corrected chi connectivity index (χ4v) is 3.50. The minimum absolute atomic E-state index is 0.0101. The summed E-state index contributed by atoms with van der Waals surface area (Å²) in [7, 11) is 1.86. The number of aryl methyl sites for hydroxylation is 1. The second-order valence-electron chi connectivity index (χ2n) is 6.38. The van der Waals surface area contributed by atoms with Gasteiger partial charge in [0.2, 0.25) is 5.91 Å². The molecular weight excluding hydrogens is 308 g/mol. The molecule has 0 unspecified atom stereocenters. The van der Waals surface area contributed by atoms with Crippen molar-refractivity contribution in [2.24, 2.45) is 7.05 Å². The summed E-state index contributed by atoms with van der Waals surface area (Å²) < 4.78 is 1.72. The predicted molar refractivity (Wildman–Crippen MR) is 90.8 cm³/mol. The van der Waals surface area contributed by atoms with Crippen LogP contribution in [0.3, 0.4) is 0 Å². The van der Waals surface area contributed by atoms with E-state index < -0.39 is 0 Å². The first-order valence-corrected chi connectivity index (χ1v) is 8.67. The second-order valence-corrected chi connectivity index (χ2v) is 6.38. The molecule has 0 bridgehead atoms. The highest BCUT2D eigenvalue weighted by Gasteiger charge is 2.36. The van der Waals surface area contributed by atoms with E-state index in [-0.39, 0.29) is 18.0 Å². The Hall–Kier alpha value is -2.09. The zero-order valence-electron chi connectivity index (χ0n) is 14.4. The van der Waals surface area contributed by atoms with Gasteiger partial charge >= 0.3 is 6.03 Å². The summed E-state index contributed by atoms with van der Waals surface area (Å²) in [5.41, 5.74) is 0.869. The van der Waals surface area contributed by atoms with Crippen molar-refractivity contribution in [2.75, 3.05) is 44.2 Å². The monoisotopic (exact) mass is 334 g/mol. The molecule has 2 fully saturated rings. The molecule has 1 N–H and O–H groups in total. The van der Waals surface area contributed by atoms with E-state index in [1.165, 1.54) is 0 Å². The van der Waals surface area contributed by atoms with Crippen LogP contribution in [0.25, 0.3) is 0 Å². The van der Waals surface area contributed by atoms with E-state index in [0.29, 0.717) is 19.6 Å². The van der Waals surface area contributed by atoms with E-state index in [1.54, 1.807) is 10.9 Å². The summed E-state index contributed by atoms with van der Waals surface area (Å²) in [4.78, 5) is 30.7. The molecule has 1 aromatic heterocycles. The smallest absolute Gasteiger partial charge is 0.317 e. The normalized spacial score (nSPS) is 22.8. The minimum Gasteiger partial charge on any atom is -0.338 e. The molecule has 2 aliphatic heterocycles. The number of aromatic nitrogens is 2. The van der Waals surface area contributed by atoms with Crippen LogP contribution >= 0.6 is 0 Å². The average Bonchev–Trinajstić information content (AvgIpc) is 3.02. The first-order valence-electron chi connectivity index (χ1n) is 8.67. The maximum absolute atomic E-state index is 12.9. The number of hydrogen-bond donors (Lipinski definition) is 1. The van der Waals surface area contributed by atoms with E-state index in [9.17, 15) is 9.59 Å². The molecule has 0 aromatic carbocycles. The minimum atomic E-state index is -0.0876. The van der Waals surface area contributed by atoms with Gasteiger partial charge in [-0.05, 0) is 19.8 Å². The summed E-state index contributed by atoms with van der Waals surface area (Å²) in [6.45, 7) is 6.13. The number of nitrogens with zero attached hydrogens (tertiary/aromatic N) is 5. The van der Waals surface area contributed by atoms with Crippen LogP contribution in [-0.4, -0.2) is 76.8 Å². The fraction of sp³-hybridized carbons (Fsp3) is 0.688. The van der Waals surface area contributed by atoms with Gasteiger partial charge in [-0.3, -0.25) is 14.4 Å². The quantitative estimate of drug-likeness (QED) is 0.861. The van der Waals surface area contributed by atoms with Crippen molar-refractivity contribution < 1.29 is 9.59 Å². The maximum Gasteiger partial charge on any atom is 0.317 e.